The molecule has 0 amide bonds. The van der Waals surface area contributed by atoms with E-state index in [1.165, 1.54) is 50.0 Å². The van der Waals surface area contributed by atoms with Gasteiger partial charge in [-0.1, -0.05) is 31.5 Å². The fourth-order valence-electron chi connectivity index (χ4n) is 5.98. The molecule has 0 saturated heterocycles. The molecule has 0 spiro atoms. The van der Waals surface area contributed by atoms with Gasteiger partial charge in [0.1, 0.15) is 5.75 Å². The number of fused-ring (bicyclic) bond motifs is 6. The molecule has 6 rings (SSSR count). The van der Waals surface area contributed by atoms with Crippen LogP contribution >= 0.6 is 12.4 Å². The number of hydrogen-bond donors (Lipinski definition) is 0. The van der Waals surface area contributed by atoms with Gasteiger partial charge in [0.05, 0.1) is 34.5 Å². The zero-order chi connectivity index (χ0) is 26.1. The molecular formula is C33H37ClN4O. The number of halogens is 1. The summed E-state index contributed by atoms with van der Waals surface area (Å²) in [4.78, 5) is 9.14. The molecular weight excluding hydrogens is 504 g/mol. The maximum Gasteiger partial charge on any atom is 0.121 e. The average molecular weight is 541 g/mol. The molecule has 0 saturated carbocycles. The number of aromatic nitrogens is 4. The van der Waals surface area contributed by atoms with Crippen LogP contribution in [0, 0.1) is 13.8 Å². The lowest BCUT2D eigenvalue weighted by Crippen LogP contribution is -2.02. The molecule has 0 aliphatic carbocycles. The minimum atomic E-state index is 0. The van der Waals surface area contributed by atoms with Crippen molar-refractivity contribution in [1.82, 2.24) is 19.1 Å². The number of para-hydroxylation sites is 1. The Morgan fingerprint density at radius 1 is 0.667 bits per heavy atom. The molecule has 0 radical (unpaired) electrons. The Morgan fingerprint density at radius 3 is 2.03 bits per heavy atom. The molecule has 4 aromatic heterocycles. The van der Waals surface area contributed by atoms with Gasteiger partial charge >= 0.3 is 0 Å². The first-order valence-corrected chi connectivity index (χ1v) is 14.0. The van der Waals surface area contributed by atoms with Gasteiger partial charge in [-0.25, -0.2) is 0 Å². The highest BCUT2D eigenvalue weighted by molar-refractivity contribution is 6.09. The predicted molar refractivity (Wildman–Crippen MR) is 165 cm³/mol. The number of nitrogens with zero attached hydrogens (tertiary/aromatic N) is 4. The topological polar surface area (TPSA) is 44.9 Å². The normalized spacial score (nSPS) is 11.6. The number of benzene rings is 2. The summed E-state index contributed by atoms with van der Waals surface area (Å²) in [6.07, 6.45) is 9.43. The van der Waals surface area contributed by atoms with Crippen molar-refractivity contribution in [3.05, 3.63) is 78.4 Å². The van der Waals surface area contributed by atoms with E-state index < -0.39 is 0 Å². The smallest absolute Gasteiger partial charge is 0.121 e. The molecule has 5 nitrogen and oxygen atoms in total. The number of pyridine rings is 2. The highest BCUT2D eigenvalue weighted by Gasteiger charge is 2.14. The quantitative estimate of drug-likeness (QED) is 0.163. The van der Waals surface area contributed by atoms with Gasteiger partial charge in [0, 0.05) is 58.6 Å². The van der Waals surface area contributed by atoms with Crippen LogP contribution in [0.3, 0.4) is 0 Å². The SMILES string of the molecule is CCCCn1c2cc(OCCCCCn3c4ccccc4c4ccnc(C)c43)ccc2c2ccnc(C)c21.Cl. The Hall–Kier alpha value is -3.57. The van der Waals surface area contributed by atoms with E-state index in [9.17, 15) is 0 Å². The Labute approximate surface area is 236 Å². The van der Waals surface area contributed by atoms with E-state index in [0.717, 1.165) is 62.5 Å². The molecule has 0 aliphatic heterocycles. The fourth-order valence-corrected chi connectivity index (χ4v) is 5.98. The molecule has 0 fully saturated rings. The van der Waals surface area contributed by atoms with E-state index in [4.69, 9.17) is 4.74 Å². The first-order valence-electron chi connectivity index (χ1n) is 14.0. The van der Waals surface area contributed by atoms with E-state index in [-0.39, 0.29) is 12.4 Å². The lowest BCUT2D eigenvalue weighted by Gasteiger charge is -2.11. The molecule has 0 atom stereocenters. The molecule has 39 heavy (non-hydrogen) atoms. The van der Waals surface area contributed by atoms with Gasteiger partial charge in [0.15, 0.2) is 0 Å². The Balaban J connectivity index is 0.00000308. The molecule has 6 aromatic rings. The minimum absolute atomic E-state index is 0. The summed E-state index contributed by atoms with van der Waals surface area (Å²) < 4.78 is 11.1. The molecule has 0 N–H and O–H groups in total. The molecule has 4 heterocycles. The highest BCUT2D eigenvalue weighted by atomic mass is 35.5. The molecule has 202 valence electrons. The zero-order valence-corrected chi connectivity index (χ0v) is 23.9. The van der Waals surface area contributed by atoms with Crippen LogP contribution in [0.4, 0.5) is 0 Å². The molecule has 6 heteroatoms. The third-order valence-electron chi connectivity index (χ3n) is 7.82. The number of rotatable bonds is 10. The van der Waals surface area contributed by atoms with Crippen molar-refractivity contribution in [1.29, 1.82) is 0 Å². The standard InChI is InChI=1S/C33H36N4O.ClH/c1-4-5-19-37-31-22-25(13-14-27(31)29-16-18-35-24(3)33(29)37)38-21-10-6-9-20-36-30-12-8-7-11-26(30)28-15-17-34-23(2)32(28)36;/h7-8,11-18,22H,4-6,9-10,19-21H2,1-3H3;1H. The number of unbranched alkanes of at least 4 members (excludes halogenated alkanes) is 3. The van der Waals surface area contributed by atoms with Crippen molar-refractivity contribution in [2.75, 3.05) is 6.61 Å². The Bertz CT molecular complexity index is 1750. The van der Waals surface area contributed by atoms with Crippen molar-refractivity contribution in [3.63, 3.8) is 0 Å². The number of aryl methyl sites for hydroxylation is 4. The monoisotopic (exact) mass is 540 g/mol. The fraction of sp³-hybridized carbons (Fsp3) is 0.333. The second-order valence-corrected chi connectivity index (χ2v) is 10.3. The van der Waals surface area contributed by atoms with Gasteiger partial charge in [-0.2, -0.15) is 0 Å². The second kappa shape index (κ2) is 11.7. The van der Waals surface area contributed by atoms with Gasteiger partial charge < -0.3 is 13.9 Å². The summed E-state index contributed by atoms with van der Waals surface area (Å²) in [7, 11) is 0. The van der Waals surface area contributed by atoms with E-state index in [1.54, 1.807) is 0 Å². The molecule has 2 aromatic carbocycles. The van der Waals surface area contributed by atoms with Crippen molar-refractivity contribution in [2.45, 2.75) is 66.0 Å². The summed E-state index contributed by atoms with van der Waals surface area (Å²) in [5.74, 6) is 0.952. The van der Waals surface area contributed by atoms with E-state index >= 15 is 0 Å². The van der Waals surface area contributed by atoms with Gasteiger partial charge in [0.2, 0.25) is 0 Å². The maximum absolute atomic E-state index is 6.25. The van der Waals surface area contributed by atoms with Gasteiger partial charge in [-0.3, -0.25) is 9.97 Å². The van der Waals surface area contributed by atoms with E-state index in [1.807, 2.05) is 12.4 Å². The van der Waals surface area contributed by atoms with Crippen molar-refractivity contribution >= 4 is 56.0 Å². The van der Waals surface area contributed by atoms with Crippen LogP contribution in [0.15, 0.2) is 67.0 Å². The van der Waals surface area contributed by atoms with E-state index in [0.29, 0.717) is 0 Å². The summed E-state index contributed by atoms with van der Waals surface area (Å²) in [5.41, 5.74) is 7.25. The zero-order valence-electron chi connectivity index (χ0n) is 23.1. The minimum Gasteiger partial charge on any atom is -0.494 e. The third-order valence-corrected chi connectivity index (χ3v) is 7.82. The number of hydrogen-bond acceptors (Lipinski definition) is 3. The molecule has 0 aliphatic rings. The van der Waals surface area contributed by atoms with Crippen LogP contribution in [-0.4, -0.2) is 25.7 Å². The first-order chi connectivity index (χ1) is 18.7. The van der Waals surface area contributed by atoms with Crippen LogP contribution in [0.5, 0.6) is 5.75 Å². The largest absolute Gasteiger partial charge is 0.494 e. The van der Waals surface area contributed by atoms with Gasteiger partial charge in [0.25, 0.3) is 0 Å². The summed E-state index contributed by atoms with van der Waals surface area (Å²) in [5, 5.41) is 5.18. The summed E-state index contributed by atoms with van der Waals surface area (Å²) in [6, 6.07) is 19.5. The van der Waals surface area contributed by atoms with Crippen LogP contribution in [0.1, 0.15) is 50.4 Å². The lowest BCUT2D eigenvalue weighted by molar-refractivity contribution is 0.304. The first kappa shape index (κ1) is 27.0. The van der Waals surface area contributed by atoms with Gasteiger partial charge in [-0.05, 0) is 69.9 Å². The van der Waals surface area contributed by atoms with Crippen LogP contribution in [-0.2, 0) is 13.1 Å². The Kier molecular flexibility index (Phi) is 8.08. The van der Waals surface area contributed by atoms with Gasteiger partial charge in [-0.15, -0.1) is 12.4 Å². The third kappa shape index (κ3) is 4.96. The average Bonchev–Trinajstić information content (AvgIpc) is 3.43. The number of ether oxygens (including phenoxy) is 1. The van der Waals surface area contributed by atoms with E-state index in [2.05, 4.69) is 94.5 Å². The maximum atomic E-state index is 6.25. The second-order valence-electron chi connectivity index (χ2n) is 10.3. The predicted octanol–water partition coefficient (Wildman–Crippen LogP) is 8.78. The lowest BCUT2D eigenvalue weighted by atomic mass is 10.1. The van der Waals surface area contributed by atoms with Crippen molar-refractivity contribution < 1.29 is 4.74 Å². The van der Waals surface area contributed by atoms with Crippen molar-refractivity contribution in [3.8, 4) is 5.75 Å². The summed E-state index contributed by atoms with van der Waals surface area (Å²) >= 11 is 0. The van der Waals surface area contributed by atoms with Crippen LogP contribution < -0.4 is 4.74 Å². The molecule has 0 bridgehead atoms. The van der Waals surface area contributed by atoms with Crippen LogP contribution in [0.25, 0.3) is 43.6 Å². The summed E-state index contributed by atoms with van der Waals surface area (Å²) in [6.45, 7) is 9.19. The highest BCUT2D eigenvalue weighted by Crippen LogP contribution is 2.33. The van der Waals surface area contributed by atoms with Crippen LogP contribution in [0.2, 0.25) is 0 Å². The molecule has 0 unspecified atom stereocenters. The van der Waals surface area contributed by atoms with Crippen molar-refractivity contribution in [2.24, 2.45) is 0 Å². The Morgan fingerprint density at radius 2 is 1.31 bits per heavy atom.